The fourth-order valence-electron chi connectivity index (χ4n) is 2.44. The van der Waals surface area contributed by atoms with Gasteiger partial charge in [-0.25, -0.2) is 0 Å². The number of hydrogen-bond donors (Lipinski definition) is 2. The third kappa shape index (κ3) is 2.90. The van der Waals surface area contributed by atoms with Crippen molar-refractivity contribution in [2.45, 2.75) is 13.1 Å². The largest absolute Gasteiger partial charge is 0.394 e. The molecule has 0 aliphatic carbocycles. The van der Waals surface area contributed by atoms with E-state index in [2.05, 4.69) is 16.1 Å². The Labute approximate surface area is 129 Å². The first-order valence-electron chi connectivity index (χ1n) is 7.20. The molecule has 0 atom stereocenters. The molecule has 0 aliphatic heterocycles. The van der Waals surface area contributed by atoms with Crippen LogP contribution in [0.3, 0.4) is 0 Å². The van der Waals surface area contributed by atoms with Crippen molar-refractivity contribution in [2.75, 3.05) is 6.61 Å². The minimum Gasteiger partial charge on any atom is -0.394 e. The van der Waals surface area contributed by atoms with Gasteiger partial charge in [-0.15, -0.1) is 0 Å². The van der Waals surface area contributed by atoms with E-state index in [4.69, 9.17) is 10.8 Å². The van der Waals surface area contributed by atoms with Gasteiger partial charge < -0.3 is 10.8 Å². The van der Waals surface area contributed by atoms with Crippen molar-refractivity contribution in [3.63, 3.8) is 0 Å². The van der Waals surface area contributed by atoms with Crippen molar-refractivity contribution in [2.24, 2.45) is 5.73 Å². The quantitative estimate of drug-likeness (QED) is 0.755. The number of aromatic nitrogens is 3. The fourth-order valence-corrected chi connectivity index (χ4v) is 2.44. The third-order valence-corrected chi connectivity index (χ3v) is 3.52. The highest BCUT2D eigenvalue weighted by atomic mass is 16.3. The molecule has 0 spiro atoms. The van der Waals surface area contributed by atoms with Gasteiger partial charge >= 0.3 is 0 Å². The van der Waals surface area contributed by atoms with Crippen LogP contribution in [0.15, 0.2) is 55.0 Å². The number of aliphatic hydroxyl groups is 1. The highest BCUT2D eigenvalue weighted by Gasteiger charge is 2.13. The molecule has 0 bridgehead atoms. The molecule has 112 valence electrons. The van der Waals surface area contributed by atoms with Crippen molar-refractivity contribution in [3.05, 3.63) is 60.6 Å². The minimum absolute atomic E-state index is 0.0553. The lowest BCUT2D eigenvalue weighted by Gasteiger charge is -2.04. The van der Waals surface area contributed by atoms with Gasteiger partial charge in [-0.05, 0) is 29.3 Å². The molecule has 3 rings (SSSR count). The van der Waals surface area contributed by atoms with E-state index in [9.17, 15) is 0 Å². The summed E-state index contributed by atoms with van der Waals surface area (Å²) >= 11 is 0. The molecule has 0 radical (unpaired) electrons. The van der Waals surface area contributed by atoms with Gasteiger partial charge in [-0.3, -0.25) is 9.67 Å². The number of aliphatic hydroxyl groups excluding tert-OH is 1. The SMILES string of the molecule is NCc1cccc(-c2nn(CCO)cc2-c2ccncc2)c1. The monoisotopic (exact) mass is 294 g/mol. The maximum atomic E-state index is 9.16. The normalized spacial score (nSPS) is 10.8. The van der Waals surface area contributed by atoms with Gasteiger partial charge in [0.05, 0.1) is 13.2 Å². The molecule has 2 heterocycles. The number of benzene rings is 1. The second kappa shape index (κ2) is 6.51. The molecule has 0 saturated carbocycles. The van der Waals surface area contributed by atoms with Crippen LogP contribution in [0.2, 0.25) is 0 Å². The first-order chi connectivity index (χ1) is 10.8. The molecule has 22 heavy (non-hydrogen) atoms. The average Bonchev–Trinajstić information content (AvgIpc) is 3.00. The van der Waals surface area contributed by atoms with Crippen LogP contribution in [0.25, 0.3) is 22.4 Å². The number of rotatable bonds is 5. The highest BCUT2D eigenvalue weighted by Crippen LogP contribution is 2.31. The Morgan fingerprint density at radius 3 is 2.64 bits per heavy atom. The van der Waals surface area contributed by atoms with Crippen LogP contribution in [-0.4, -0.2) is 26.5 Å². The Morgan fingerprint density at radius 2 is 1.91 bits per heavy atom. The van der Waals surface area contributed by atoms with Crippen LogP contribution < -0.4 is 5.73 Å². The molecule has 1 aromatic carbocycles. The zero-order valence-corrected chi connectivity index (χ0v) is 12.2. The summed E-state index contributed by atoms with van der Waals surface area (Å²) in [6.07, 6.45) is 5.48. The second-order valence-corrected chi connectivity index (χ2v) is 5.02. The fraction of sp³-hybridized carbons (Fsp3) is 0.176. The summed E-state index contributed by atoms with van der Waals surface area (Å²) in [5.74, 6) is 0. The van der Waals surface area contributed by atoms with Gasteiger partial charge in [0.15, 0.2) is 0 Å². The maximum Gasteiger partial charge on any atom is 0.100 e. The van der Waals surface area contributed by atoms with Crippen molar-refractivity contribution < 1.29 is 5.11 Å². The van der Waals surface area contributed by atoms with Crippen molar-refractivity contribution >= 4 is 0 Å². The second-order valence-electron chi connectivity index (χ2n) is 5.02. The van der Waals surface area contributed by atoms with Crippen LogP contribution >= 0.6 is 0 Å². The molecule has 3 N–H and O–H groups in total. The summed E-state index contributed by atoms with van der Waals surface area (Å²) in [4.78, 5) is 4.06. The Balaban J connectivity index is 2.12. The Kier molecular flexibility index (Phi) is 4.27. The molecule has 0 aliphatic rings. The van der Waals surface area contributed by atoms with Gasteiger partial charge in [-0.2, -0.15) is 5.10 Å². The van der Waals surface area contributed by atoms with Crippen LogP contribution in [0.5, 0.6) is 0 Å². The van der Waals surface area contributed by atoms with E-state index in [0.29, 0.717) is 13.1 Å². The van der Waals surface area contributed by atoms with Crippen LogP contribution in [0, 0.1) is 0 Å². The molecule has 0 fully saturated rings. The first-order valence-corrected chi connectivity index (χ1v) is 7.20. The van der Waals surface area contributed by atoms with E-state index in [1.165, 1.54) is 0 Å². The first kappa shape index (κ1) is 14.4. The van der Waals surface area contributed by atoms with Gasteiger partial charge in [0.1, 0.15) is 5.69 Å². The summed E-state index contributed by atoms with van der Waals surface area (Å²) in [5.41, 5.74) is 10.8. The van der Waals surface area contributed by atoms with E-state index in [1.54, 1.807) is 17.1 Å². The molecule has 0 amide bonds. The van der Waals surface area contributed by atoms with Gasteiger partial charge in [-0.1, -0.05) is 18.2 Å². The summed E-state index contributed by atoms with van der Waals surface area (Å²) in [6, 6.07) is 12.0. The molecular formula is C17H18N4O. The lowest BCUT2D eigenvalue weighted by molar-refractivity contribution is 0.269. The summed E-state index contributed by atoms with van der Waals surface area (Å²) in [5, 5.41) is 13.8. The highest BCUT2D eigenvalue weighted by molar-refractivity contribution is 5.80. The van der Waals surface area contributed by atoms with Crippen molar-refractivity contribution in [3.8, 4) is 22.4 Å². The standard InChI is InChI=1S/C17H18N4O/c18-11-13-2-1-3-15(10-13)17-16(12-21(20-17)8-9-22)14-4-6-19-7-5-14/h1-7,10,12,22H,8-9,11,18H2. The Bertz CT molecular complexity index is 752. The number of hydrogen-bond acceptors (Lipinski definition) is 4. The lowest BCUT2D eigenvalue weighted by Crippen LogP contribution is -2.02. The van der Waals surface area contributed by atoms with E-state index >= 15 is 0 Å². The van der Waals surface area contributed by atoms with Gasteiger partial charge in [0.25, 0.3) is 0 Å². The van der Waals surface area contributed by atoms with E-state index in [0.717, 1.165) is 27.9 Å². The summed E-state index contributed by atoms with van der Waals surface area (Å²) in [6.45, 7) is 1.02. The van der Waals surface area contributed by atoms with Crippen LogP contribution in [0.4, 0.5) is 0 Å². The zero-order chi connectivity index (χ0) is 15.4. The predicted octanol–water partition coefficient (Wildman–Crippen LogP) is 2.06. The molecule has 2 aromatic heterocycles. The molecule has 5 nitrogen and oxygen atoms in total. The van der Waals surface area contributed by atoms with E-state index < -0.39 is 0 Å². The molecule has 5 heteroatoms. The minimum atomic E-state index is 0.0553. The Hall–Kier alpha value is -2.50. The predicted molar refractivity (Wildman–Crippen MR) is 85.9 cm³/mol. The number of nitrogens with zero attached hydrogens (tertiary/aromatic N) is 3. The molecular weight excluding hydrogens is 276 g/mol. The van der Waals surface area contributed by atoms with Gasteiger partial charge in [0.2, 0.25) is 0 Å². The topological polar surface area (TPSA) is 77.0 Å². The third-order valence-electron chi connectivity index (χ3n) is 3.52. The van der Waals surface area contributed by atoms with Gasteiger partial charge in [0, 0.05) is 36.3 Å². The van der Waals surface area contributed by atoms with Crippen LogP contribution in [0.1, 0.15) is 5.56 Å². The maximum absolute atomic E-state index is 9.16. The van der Waals surface area contributed by atoms with Crippen molar-refractivity contribution in [1.82, 2.24) is 14.8 Å². The van der Waals surface area contributed by atoms with Crippen molar-refractivity contribution in [1.29, 1.82) is 0 Å². The summed E-state index contributed by atoms with van der Waals surface area (Å²) in [7, 11) is 0. The summed E-state index contributed by atoms with van der Waals surface area (Å²) < 4.78 is 1.76. The zero-order valence-electron chi connectivity index (χ0n) is 12.2. The number of nitrogens with two attached hydrogens (primary N) is 1. The number of pyridine rings is 1. The van der Waals surface area contributed by atoms with Crippen LogP contribution in [-0.2, 0) is 13.1 Å². The molecule has 3 aromatic rings. The van der Waals surface area contributed by atoms with E-state index in [1.807, 2.05) is 36.5 Å². The molecule has 0 saturated heterocycles. The van der Waals surface area contributed by atoms with E-state index in [-0.39, 0.29) is 6.61 Å². The smallest absolute Gasteiger partial charge is 0.100 e. The average molecular weight is 294 g/mol. The molecule has 0 unspecified atom stereocenters. The lowest BCUT2D eigenvalue weighted by atomic mass is 10.0. The Morgan fingerprint density at radius 1 is 1.09 bits per heavy atom.